The van der Waals surface area contributed by atoms with Gasteiger partial charge in [-0.25, -0.2) is 4.79 Å². The Morgan fingerprint density at radius 1 is 1.42 bits per heavy atom. The Morgan fingerprint density at radius 3 is 2.68 bits per heavy atom. The van der Waals surface area contributed by atoms with E-state index in [1.54, 1.807) is 31.2 Å². The average Bonchev–Trinajstić information content (AvgIpc) is 2.81. The topological polar surface area (TPSA) is 65.0 Å². The van der Waals surface area contributed by atoms with Gasteiger partial charge < -0.3 is 19.3 Å². The Kier molecular flexibility index (Phi) is 4.52. The summed E-state index contributed by atoms with van der Waals surface area (Å²) in [6, 6.07) is 8.72. The number of hydrogen-bond acceptors (Lipinski definition) is 5. The number of rotatable bonds is 4. The van der Waals surface area contributed by atoms with Crippen LogP contribution in [-0.2, 0) is 14.2 Å². The lowest BCUT2D eigenvalue weighted by atomic mass is 10.1. The van der Waals surface area contributed by atoms with Crippen molar-refractivity contribution in [1.29, 1.82) is 0 Å². The summed E-state index contributed by atoms with van der Waals surface area (Å²) in [6.07, 6.45) is -1.85. The minimum absolute atomic E-state index is 0.383. The van der Waals surface area contributed by atoms with Crippen LogP contribution in [0.5, 0.6) is 0 Å². The fourth-order valence-electron chi connectivity index (χ4n) is 2.11. The van der Waals surface area contributed by atoms with E-state index in [0.717, 1.165) is 0 Å². The molecule has 1 N–H and O–H groups in total. The van der Waals surface area contributed by atoms with Crippen LogP contribution in [0.25, 0.3) is 0 Å². The highest BCUT2D eigenvalue weighted by Crippen LogP contribution is 2.25. The second-order valence-electron chi connectivity index (χ2n) is 4.55. The molecule has 1 aliphatic rings. The maximum atomic E-state index is 11.9. The number of methoxy groups -OCH3 is 1. The summed E-state index contributed by atoms with van der Waals surface area (Å²) in [7, 11) is 1.51. The molecule has 1 saturated heterocycles. The standard InChI is InChI=1S/C14H18O5/c1-9(13-11(15)8-12(17-2)19-13)18-14(16)10-6-4-3-5-7-10/h3-7,9,11-13,15H,8H2,1-2H3/t9?,11-,12?,13+/m0/s1. The molecule has 1 aromatic carbocycles. The molecule has 0 bridgehead atoms. The van der Waals surface area contributed by atoms with Gasteiger partial charge in [0.15, 0.2) is 6.29 Å². The number of aliphatic hydroxyl groups is 1. The third-order valence-corrected chi connectivity index (χ3v) is 3.15. The summed E-state index contributed by atoms with van der Waals surface area (Å²) in [4.78, 5) is 11.9. The van der Waals surface area contributed by atoms with Crippen molar-refractivity contribution in [2.24, 2.45) is 0 Å². The van der Waals surface area contributed by atoms with Crippen LogP contribution in [-0.4, -0.2) is 42.8 Å². The second-order valence-corrected chi connectivity index (χ2v) is 4.55. The van der Waals surface area contributed by atoms with E-state index in [4.69, 9.17) is 14.2 Å². The molecule has 1 aliphatic heterocycles. The van der Waals surface area contributed by atoms with Crippen LogP contribution in [0.4, 0.5) is 0 Å². The van der Waals surface area contributed by atoms with Crippen molar-refractivity contribution in [2.45, 2.75) is 37.9 Å². The van der Waals surface area contributed by atoms with E-state index < -0.39 is 30.6 Å². The zero-order chi connectivity index (χ0) is 13.8. The van der Waals surface area contributed by atoms with Gasteiger partial charge in [0.25, 0.3) is 0 Å². The third kappa shape index (κ3) is 3.32. The quantitative estimate of drug-likeness (QED) is 0.833. The van der Waals surface area contributed by atoms with Crippen LogP contribution >= 0.6 is 0 Å². The molecule has 0 aliphatic carbocycles. The van der Waals surface area contributed by atoms with E-state index in [1.165, 1.54) is 7.11 Å². The molecule has 2 unspecified atom stereocenters. The van der Waals surface area contributed by atoms with Crippen molar-refractivity contribution >= 4 is 5.97 Å². The molecule has 5 heteroatoms. The number of ether oxygens (including phenoxy) is 3. The summed E-state index contributed by atoms with van der Waals surface area (Å²) in [5.41, 5.74) is 0.477. The first-order valence-corrected chi connectivity index (χ1v) is 6.24. The predicted octanol–water partition coefficient (Wildman–Crippen LogP) is 1.35. The van der Waals surface area contributed by atoms with Gasteiger partial charge in [-0.05, 0) is 19.1 Å². The fraction of sp³-hybridized carbons (Fsp3) is 0.500. The van der Waals surface area contributed by atoms with E-state index in [9.17, 15) is 9.90 Å². The number of benzene rings is 1. The molecule has 1 heterocycles. The summed E-state index contributed by atoms with van der Waals surface area (Å²) in [5.74, 6) is -0.426. The normalized spacial score (nSPS) is 28.1. The van der Waals surface area contributed by atoms with Gasteiger partial charge in [-0.2, -0.15) is 0 Å². The molecular formula is C14H18O5. The maximum absolute atomic E-state index is 11.9. The van der Waals surface area contributed by atoms with Crippen LogP contribution in [0.2, 0.25) is 0 Å². The van der Waals surface area contributed by atoms with Crippen LogP contribution in [0.3, 0.4) is 0 Å². The van der Waals surface area contributed by atoms with Crippen molar-refractivity contribution in [3.63, 3.8) is 0 Å². The van der Waals surface area contributed by atoms with Gasteiger partial charge >= 0.3 is 5.97 Å². The van der Waals surface area contributed by atoms with Gasteiger partial charge in [0.1, 0.15) is 12.2 Å². The Labute approximate surface area is 112 Å². The van der Waals surface area contributed by atoms with Gasteiger partial charge in [-0.1, -0.05) is 18.2 Å². The SMILES string of the molecule is COC1C[C@H](O)[C@@H](C(C)OC(=O)c2ccccc2)O1. The largest absolute Gasteiger partial charge is 0.456 e. The van der Waals surface area contributed by atoms with E-state index in [2.05, 4.69) is 0 Å². The van der Waals surface area contributed by atoms with Crippen molar-refractivity contribution in [2.75, 3.05) is 7.11 Å². The highest BCUT2D eigenvalue weighted by Gasteiger charge is 2.39. The second kappa shape index (κ2) is 6.14. The van der Waals surface area contributed by atoms with Crippen LogP contribution in [0.15, 0.2) is 30.3 Å². The minimum atomic E-state index is -0.691. The zero-order valence-electron chi connectivity index (χ0n) is 11.0. The molecule has 5 nitrogen and oxygen atoms in total. The molecule has 0 spiro atoms. The molecule has 0 radical (unpaired) electrons. The van der Waals surface area contributed by atoms with Crippen molar-refractivity contribution in [3.8, 4) is 0 Å². The van der Waals surface area contributed by atoms with E-state index in [1.807, 2.05) is 6.07 Å². The Balaban J connectivity index is 1.94. The fourth-order valence-corrected chi connectivity index (χ4v) is 2.11. The minimum Gasteiger partial charge on any atom is -0.456 e. The average molecular weight is 266 g/mol. The number of esters is 1. The lowest BCUT2D eigenvalue weighted by Crippen LogP contribution is -2.36. The van der Waals surface area contributed by atoms with Crippen molar-refractivity contribution in [3.05, 3.63) is 35.9 Å². The van der Waals surface area contributed by atoms with Gasteiger partial charge in [-0.3, -0.25) is 0 Å². The van der Waals surface area contributed by atoms with Gasteiger partial charge in [0.05, 0.1) is 11.7 Å². The molecule has 104 valence electrons. The lowest BCUT2D eigenvalue weighted by Gasteiger charge is -2.22. The van der Waals surface area contributed by atoms with E-state index in [0.29, 0.717) is 12.0 Å². The van der Waals surface area contributed by atoms with Gasteiger partial charge in [0.2, 0.25) is 0 Å². The monoisotopic (exact) mass is 266 g/mol. The smallest absolute Gasteiger partial charge is 0.338 e. The number of carbonyl (C=O) groups excluding carboxylic acids is 1. The number of carbonyl (C=O) groups is 1. The first kappa shape index (κ1) is 14.0. The zero-order valence-corrected chi connectivity index (χ0v) is 11.0. The molecular weight excluding hydrogens is 248 g/mol. The Hall–Kier alpha value is -1.43. The number of hydrogen-bond donors (Lipinski definition) is 1. The van der Waals surface area contributed by atoms with Gasteiger partial charge in [0, 0.05) is 13.5 Å². The summed E-state index contributed by atoms with van der Waals surface area (Å²) in [5, 5.41) is 9.85. The predicted molar refractivity (Wildman–Crippen MR) is 67.6 cm³/mol. The van der Waals surface area contributed by atoms with E-state index >= 15 is 0 Å². The molecule has 2 rings (SSSR count). The molecule has 0 amide bonds. The van der Waals surface area contributed by atoms with Crippen LogP contribution < -0.4 is 0 Å². The molecule has 0 aromatic heterocycles. The van der Waals surface area contributed by atoms with Gasteiger partial charge in [-0.15, -0.1) is 0 Å². The molecule has 4 atom stereocenters. The summed E-state index contributed by atoms with van der Waals surface area (Å²) >= 11 is 0. The first-order chi connectivity index (χ1) is 9.11. The maximum Gasteiger partial charge on any atom is 0.338 e. The molecule has 0 saturated carbocycles. The highest BCUT2D eigenvalue weighted by molar-refractivity contribution is 5.89. The highest BCUT2D eigenvalue weighted by atomic mass is 16.7. The molecule has 1 aromatic rings. The summed E-state index contributed by atoms with van der Waals surface area (Å²) in [6.45, 7) is 1.70. The number of aliphatic hydroxyl groups excluding tert-OH is 1. The summed E-state index contributed by atoms with van der Waals surface area (Å²) < 4.78 is 15.8. The van der Waals surface area contributed by atoms with Crippen LogP contribution in [0.1, 0.15) is 23.7 Å². The lowest BCUT2D eigenvalue weighted by molar-refractivity contribution is -0.143. The van der Waals surface area contributed by atoms with E-state index in [-0.39, 0.29) is 0 Å². The molecule has 19 heavy (non-hydrogen) atoms. The third-order valence-electron chi connectivity index (χ3n) is 3.15. The van der Waals surface area contributed by atoms with Crippen molar-refractivity contribution < 1.29 is 24.1 Å². The first-order valence-electron chi connectivity index (χ1n) is 6.24. The van der Waals surface area contributed by atoms with Crippen molar-refractivity contribution in [1.82, 2.24) is 0 Å². The Morgan fingerprint density at radius 2 is 2.11 bits per heavy atom. The molecule has 1 fully saturated rings. The van der Waals surface area contributed by atoms with Crippen LogP contribution in [0, 0.1) is 0 Å². The Bertz CT molecular complexity index is 419.